The van der Waals surface area contributed by atoms with Crippen LogP contribution in [0.5, 0.6) is 11.5 Å². The maximum Gasteiger partial charge on any atom is 0.194 e. The summed E-state index contributed by atoms with van der Waals surface area (Å²) in [5.74, 6) is 2.02. The molecule has 7 nitrogen and oxygen atoms in total. The summed E-state index contributed by atoms with van der Waals surface area (Å²) in [4.78, 5) is 0. The van der Waals surface area contributed by atoms with Crippen molar-refractivity contribution in [2.45, 2.75) is 51.8 Å². The van der Waals surface area contributed by atoms with E-state index in [0.29, 0.717) is 23.4 Å². The smallest absolute Gasteiger partial charge is 0.194 e. The number of ether oxygens (including phenoxy) is 2. The van der Waals surface area contributed by atoms with E-state index in [4.69, 9.17) is 9.47 Å². The fourth-order valence-corrected chi connectivity index (χ4v) is 3.66. The number of aryl methyl sites for hydroxylation is 1. The van der Waals surface area contributed by atoms with E-state index < -0.39 is 0 Å². The molecule has 1 aliphatic carbocycles. The number of benzene rings is 2. The zero-order chi connectivity index (χ0) is 20.1. The van der Waals surface area contributed by atoms with Crippen molar-refractivity contribution in [1.29, 1.82) is 0 Å². The third kappa shape index (κ3) is 4.74. The van der Waals surface area contributed by atoms with Crippen molar-refractivity contribution in [3.8, 4) is 17.2 Å². The highest BCUT2D eigenvalue weighted by Crippen LogP contribution is 2.29. The number of methoxy groups -OCH3 is 1. The highest BCUT2D eigenvalue weighted by atomic mass is 16.5. The topological polar surface area (TPSA) is 74.1 Å². The van der Waals surface area contributed by atoms with Crippen LogP contribution in [0.15, 0.2) is 42.5 Å². The number of hydrogen-bond acceptors (Lipinski definition) is 6. The minimum absolute atomic E-state index is 0.247. The molecular formula is C22H27N5O2. The maximum absolute atomic E-state index is 5.98. The number of nitrogens with one attached hydrogen (secondary N) is 1. The Morgan fingerprint density at radius 1 is 1.07 bits per heavy atom. The number of rotatable bonds is 8. The highest BCUT2D eigenvalue weighted by molar-refractivity contribution is 5.43. The van der Waals surface area contributed by atoms with Gasteiger partial charge in [-0.2, -0.15) is 4.68 Å². The summed E-state index contributed by atoms with van der Waals surface area (Å²) in [6.45, 7) is 3.14. The van der Waals surface area contributed by atoms with Gasteiger partial charge in [0, 0.05) is 12.6 Å². The predicted molar refractivity (Wildman–Crippen MR) is 110 cm³/mol. The molecule has 0 aliphatic heterocycles. The first-order valence-electron chi connectivity index (χ1n) is 10.1. The lowest BCUT2D eigenvalue weighted by Gasteiger charge is -2.14. The summed E-state index contributed by atoms with van der Waals surface area (Å²) in [6.07, 6.45) is 5.20. The first kappa shape index (κ1) is 19.4. The Bertz CT molecular complexity index is 933. The molecule has 0 radical (unpaired) electrons. The molecule has 7 heteroatoms. The van der Waals surface area contributed by atoms with Gasteiger partial charge in [-0.15, -0.1) is 5.10 Å². The van der Waals surface area contributed by atoms with Crippen LogP contribution in [0.3, 0.4) is 0 Å². The Kier molecular flexibility index (Phi) is 6.05. The summed E-state index contributed by atoms with van der Waals surface area (Å²) < 4.78 is 13.2. The third-order valence-corrected chi connectivity index (χ3v) is 5.35. The normalized spacial score (nSPS) is 14.3. The van der Waals surface area contributed by atoms with E-state index >= 15 is 0 Å². The monoisotopic (exact) mass is 393 g/mol. The number of tetrazole rings is 1. The van der Waals surface area contributed by atoms with Crippen molar-refractivity contribution in [2.24, 2.45) is 0 Å². The molecule has 1 aromatic heterocycles. The van der Waals surface area contributed by atoms with Crippen LogP contribution >= 0.6 is 0 Å². The van der Waals surface area contributed by atoms with Crippen molar-refractivity contribution in [2.75, 3.05) is 7.11 Å². The van der Waals surface area contributed by atoms with Gasteiger partial charge in [0.2, 0.25) is 0 Å². The van der Waals surface area contributed by atoms with Gasteiger partial charge >= 0.3 is 0 Å². The Labute approximate surface area is 171 Å². The second-order valence-electron chi connectivity index (χ2n) is 7.48. The zero-order valence-corrected chi connectivity index (χ0v) is 17.0. The summed E-state index contributed by atoms with van der Waals surface area (Å²) in [7, 11) is 1.66. The second-order valence-corrected chi connectivity index (χ2v) is 7.48. The molecule has 0 saturated heterocycles. The van der Waals surface area contributed by atoms with Crippen LogP contribution in [0.25, 0.3) is 5.69 Å². The zero-order valence-electron chi connectivity index (χ0n) is 17.0. The minimum Gasteiger partial charge on any atom is -0.493 e. The standard InChI is InChI=1S/C22H27N5O2/c1-16-7-10-19(11-8-16)27-22(24-25-26-27)15-29-20-12-9-17(13-21(20)28-2)14-23-18-5-3-4-6-18/h7-13,18,23H,3-6,14-15H2,1-2H3. The van der Waals surface area contributed by atoms with Gasteiger partial charge in [-0.3, -0.25) is 0 Å². The van der Waals surface area contributed by atoms with Gasteiger partial charge in [-0.1, -0.05) is 36.6 Å². The molecule has 0 bridgehead atoms. The second kappa shape index (κ2) is 9.05. The van der Waals surface area contributed by atoms with Crippen LogP contribution in [0.2, 0.25) is 0 Å². The van der Waals surface area contributed by atoms with Crippen LogP contribution in [-0.2, 0) is 13.2 Å². The van der Waals surface area contributed by atoms with Crippen LogP contribution < -0.4 is 14.8 Å². The van der Waals surface area contributed by atoms with Gasteiger partial charge < -0.3 is 14.8 Å². The van der Waals surface area contributed by atoms with Gasteiger partial charge in [-0.05, 0) is 60.0 Å². The fraction of sp³-hybridized carbons (Fsp3) is 0.409. The number of aromatic nitrogens is 4. The molecule has 1 N–H and O–H groups in total. The quantitative estimate of drug-likeness (QED) is 0.630. The summed E-state index contributed by atoms with van der Waals surface area (Å²) in [6, 6.07) is 14.7. The van der Waals surface area contributed by atoms with E-state index in [1.165, 1.54) is 36.8 Å². The van der Waals surface area contributed by atoms with Gasteiger partial charge in [0.1, 0.15) is 0 Å². The van der Waals surface area contributed by atoms with E-state index in [1.54, 1.807) is 11.8 Å². The molecule has 0 amide bonds. The van der Waals surface area contributed by atoms with E-state index in [2.05, 4.69) is 26.9 Å². The average molecular weight is 393 g/mol. The van der Waals surface area contributed by atoms with Gasteiger partial charge in [0.25, 0.3) is 0 Å². The molecule has 29 heavy (non-hydrogen) atoms. The van der Waals surface area contributed by atoms with E-state index in [0.717, 1.165) is 12.2 Å². The Hall–Kier alpha value is -2.93. The Morgan fingerprint density at radius 3 is 2.62 bits per heavy atom. The van der Waals surface area contributed by atoms with Crippen molar-refractivity contribution in [3.63, 3.8) is 0 Å². The van der Waals surface area contributed by atoms with Crippen LogP contribution in [0.1, 0.15) is 42.6 Å². The average Bonchev–Trinajstić information content (AvgIpc) is 3.43. The van der Waals surface area contributed by atoms with Crippen LogP contribution in [0, 0.1) is 6.92 Å². The van der Waals surface area contributed by atoms with Crippen LogP contribution in [-0.4, -0.2) is 33.4 Å². The predicted octanol–water partition coefficient (Wildman–Crippen LogP) is 3.59. The molecule has 3 aromatic rings. The van der Waals surface area contributed by atoms with Crippen molar-refractivity contribution in [3.05, 3.63) is 59.4 Å². The third-order valence-electron chi connectivity index (χ3n) is 5.35. The maximum atomic E-state index is 5.98. The molecule has 0 spiro atoms. The van der Waals surface area contributed by atoms with Crippen molar-refractivity contribution >= 4 is 0 Å². The van der Waals surface area contributed by atoms with E-state index in [1.807, 2.05) is 43.3 Å². The Morgan fingerprint density at radius 2 is 1.86 bits per heavy atom. The molecule has 0 atom stereocenters. The minimum atomic E-state index is 0.247. The molecule has 2 aromatic carbocycles. The van der Waals surface area contributed by atoms with E-state index in [9.17, 15) is 0 Å². The molecule has 1 heterocycles. The lowest BCUT2D eigenvalue weighted by atomic mass is 10.1. The SMILES string of the molecule is COc1cc(CNC2CCCC2)ccc1OCc1nnnn1-c1ccc(C)cc1. The molecule has 1 aliphatic rings. The lowest BCUT2D eigenvalue weighted by molar-refractivity contribution is 0.273. The molecule has 152 valence electrons. The highest BCUT2D eigenvalue weighted by Gasteiger charge is 2.15. The van der Waals surface area contributed by atoms with Gasteiger partial charge in [0.05, 0.1) is 12.8 Å². The van der Waals surface area contributed by atoms with Crippen LogP contribution in [0.4, 0.5) is 0 Å². The van der Waals surface area contributed by atoms with Crippen molar-refractivity contribution < 1.29 is 9.47 Å². The first-order chi connectivity index (χ1) is 14.2. The largest absolute Gasteiger partial charge is 0.493 e. The number of hydrogen-bond donors (Lipinski definition) is 1. The number of nitrogens with zero attached hydrogens (tertiary/aromatic N) is 4. The molecule has 1 saturated carbocycles. The lowest BCUT2D eigenvalue weighted by Crippen LogP contribution is -2.25. The first-order valence-corrected chi connectivity index (χ1v) is 10.1. The van der Waals surface area contributed by atoms with Crippen molar-refractivity contribution in [1.82, 2.24) is 25.5 Å². The molecular weight excluding hydrogens is 366 g/mol. The van der Waals surface area contributed by atoms with E-state index in [-0.39, 0.29) is 6.61 Å². The Balaban J connectivity index is 1.42. The van der Waals surface area contributed by atoms with Gasteiger partial charge in [0.15, 0.2) is 23.9 Å². The van der Waals surface area contributed by atoms with Gasteiger partial charge in [-0.25, -0.2) is 0 Å². The fourth-order valence-electron chi connectivity index (χ4n) is 3.66. The summed E-state index contributed by atoms with van der Waals surface area (Å²) in [5.41, 5.74) is 3.27. The molecule has 4 rings (SSSR count). The molecule has 1 fully saturated rings. The molecule has 0 unspecified atom stereocenters. The summed E-state index contributed by atoms with van der Waals surface area (Å²) >= 11 is 0. The summed E-state index contributed by atoms with van der Waals surface area (Å²) in [5, 5.41) is 15.6.